The number of likely N-dealkylation sites (tertiary alicyclic amines) is 1. The summed E-state index contributed by atoms with van der Waals surface area (Å²) < 4.78 is 22.8. The van der Waals surface area contributed by atoms with E-state index in [9.17, 15) is 18.0 Å². The smallest absolute Gasteiger partial charge is 0.225 e. The molecule has 7 heteroatoms. The summed E-state index contributed by atoms with van der Waals surface area (Å²) >= 11 is 0. The molecule has 6 nitrogen and oxygen atoms in total. The van der Waals surface area contributed by atoms with Crippen LogP contribution in [0.3, 0.4) is 0 Å². The zero-order valence-corrected chi connectivity index (χ0v) is 12.9. The highest BCUT2D eigenvalue weighted by molar-refractivity contribution is 7.91. The first-order chi connectivity index (χ1) is 9.94. The molecule has 0 spiro atoms. The number of sulfone groups is 1. The van der Waals surface area contributed by atoms with Gasteiger partial charge in [-0.15, -0.1) is 0 Å². The number of nitrogens with zero attached hydrogens (tertiary/aromatic N) is 1. The highest BCUT2D eigenvalue weighted by Gasteiger charge is 2.39. The standard InChI is InChI=1S/C14H22N2O4S/c17-13-7-10(8-16(13)12-3-1-2-4-12)14(18)15-11-5-6-21(19,20)9-11/h10-12H,1-9H2,(H,15,18). The zero-order chi connectivity index (χ0) is 15.0. The fraction of sp³-hybridized carbons (Fsp3) is 0.857. The summed E-state index contributed by atoms with van der Waals surface area (Å²) in [6, 6.07) is 0.0280. The van der Waals surface area contributed by atoms with Crippen LogP contribution in [0, 0.1) is 5.92 Å². The van der Waals surface area contributed by atoms with Gasteiger partial charge < -0.3 is 10.2 Å². The molecule has 0 aromatic rings. The van der Waals surface area contributed by atoms with E-state index in [-0.39, 0.29) is 41.7 Å². The molecular formula is C14H22N2O4S. The first kappa shape index (κ1) is 14.8. The fourth-order valence-corrected chi connectivity index (χ4v) is 5.38. The first-order valence-corrected chi connectivity index (χ1v) is 9.57. The van der Waals surface area contributed by atoms with Gasteiger partial charge in [-0.05, 0) is 19.3 Å². The molecule has 0 aromatic carbocycles. The van der Waals surface area contributed by atoms with Crippen LogP contribution in [0.15, 0.2) is 0 Å². The van der Waals surface area contributed by atoms with Gasteiger partial charge in [-0.2, -0.15) is 0 Å². The maximum atomic E-state index is 12.2. The minimum atomic E-state index is -2.99. The highest BCUT2D eigenvalue weighted by Crippen LogP contribution is 2.29. The van der Waals surface area contributed by atoms with Crippen LogP contribution in [-0.4, -0.2) is 55.3 Å². The quantitative estimate of drug-likeness (QED) is 0.800. The van der Waals surface area contributed by atoms with E-state index in [1.165, 1.54) is 0 Å². The van der Waals surface area contributed by atoms with Gasteiger partial charge in [0.2, 0.25) is 11.8 Å². The summed E-state index contributed by atoms with van der Waals surface area (Å²) in [6.07, 6.45) is 5.15. The van der Waals surface area contributed by atoms with E-state index < -0.39 is 9.84 Å². The van der Waals surface area contributed by atoms with Crippen LogP contribution >= 0.6 is 0 Å². The molecule has 0 radical (unpaired) electrons. The Bertz CT molecular complexity index is 539. The number of hydrogen-bond donors (Lipinski definition) is 1. The lowest BCUT2D eigenvalue weighted by Gasteiger charge is -2.24. The van der Waals surface area contributed by atoms with E-state index in [0.29, 0.717) is 19.0 Å². The van der Waals surface area contributed by atoms with Crippen molar-refractivity contribution < 1.29 is 18.0 Å². The Hall–Kier alpha value is -1.11. The van der Waals surface area contributed by atoms with Crippen molar-refractivity contribution in [2.75, 3.05) is 18.1 Å². The Morgan fingerprint density at radius 3 is 2.52 bits per heavy atom. The molecule has 0 aromatic heterocycles. The van der Waals surface area contributed by atoms with Gasteiger partial charge in [-0.25, -0.2) is 8.42 Å². The van der Waals surface area contributed by atoms with Crippen LogP contribution in [0.1, 0.15) is 38.5 Å². The molecule has 118 valence electrons. The Balaban J connectivity index is 1.55. The molecular weight excluding hydrogens is 292 g/mol. The summed E-state index contributed by atoms with van der Waals surface area (Å²) in [6.45, 7) is 0.495. The van der Waals surface area contributed by atoms with Crippen molar-refractivity contribution in [2.45, 2.75) is 50.6 Å². The molecule has 3 rings (SSSR count). The van der Waals surface area contributed by atoms with Crippen molar-refractivity contribution in [1.82, 2.24) is 10.2 Å². The first-order valence-electron chi connectivity index (χ1n) is 7.75. The number of amides is 2. The number of carbonyl (C=O) groups excluding carboxylic acids is 2. The van der Waals surface area contributed by atoms with Crippen LogP contribution in [0.2, 0.25) is 0 Å². The second-order valence-corrected chi connectivity index (χ2v) is 8.72. The summed E-state index contributed by atoms with van der Waals surface area (Å²) in [5.74, 6) is -0.227. The van der Waals surface area contributed by atoms with Gasteiger partial charge in [0, 0.05) is 25.0 Å². The minimum absolute atomic E-state index is 0.0335. The third-order valence-electron chi connectivity index (χ3n) is 4.87. The van der Waals surface area contributed by atoms with Crippen molar-refractivity contribution in [3.63, 3.8) is 0 Å². The third-order valence-corrected chi connectivity index (χ3v) is 6.64. The largest absolute Gasteiger partial charge is 0.352 e. The fourth-order valence-electron chi connectivity index (χ4n) is 3.70. The monoisotopic (exact) mass is 314 g/mol. The Kier molecular flexibility index (Phi) is 3.94. The summed E-state index contributed by atoms with van der Waals surface area (Å²) in [4.78, 5) is 26.2. The van der Waals surface area contributed by atoms with Gasteiger partial charge in [0.25, 0.3) is 0 Å². The van der Waals surface area contributed by atoms with E-state index in [2.05, 4.69) is 5.32 Å². The molecule has 3 aliphatic rings. The Morgan fingerprint density at radius 2 is 1.90 bits per heavy atom. The average molecular weight is 314 g/mol. The van der Waals surface area contributed by atoms with Gasteiger partial charge in [-0.1, -0.05) is 12.8 Å². The lowest BCUT2D eigenvalue weighted by Crippen LogP contribution is -2.41. The van der Waals surface area contributed by atoms with Gasteiger partial charge in [0.15, 0.2) is 9.84 Å². The Labute approximate surface area is 125 Å². The van der Waals surface area contributed by atoms with E-state index in [1.807, 2.05) is 4.90 Å². The summed E-state index contributed by atoms with van der Waals surface area (Å²) in [5, 5.41) is 2.81. The minimum Gasteiger partial charge on any atom is -0.352 e. The maximum Gasteiger partial charge on any atom is 0.225 e. The molecule has 2 unspecified atom stereocenters. The van der Waals surface area contributed by atoms with Crippen LogP contribution in [0.25, 0.3) is 0 Å². The summed E-state index contributed by atoms with van der Waals surface area (Å²) in [5.41, 5.74) is 0. The Morgan fingerprint density at radius 1 is 1.19 bits per heavy atom. The van der Waals surface area contributed by atoms with Crippen molar-refractivity contribution in [3.05, 3.63) is 0 Å². The van der Waals surface area contributed by atoms with Gasteiger partial charge in [-0.3, -0.25) is 9.59 Å². The van der Waals surface area contributed by atoms with E-state index in [0.717, 1.165) is 25.7 Å². The molecule has 2 atom stereocenters. The lowest BCUT2D eigenvalue weighted by molar-refractivity contribution is -0.130. The van der Waals surface area contributed by atoms with Gasteiger partial charge in [0.05, 0.1) is 17.4 Å². The molecule has 3 fully saturated rings. The molecule has 2 aliphatic heterocycles. The van der Waals surface area contributed by atoms with Crippen molar-refractivity contribution in [1.29, 1.82) is 0 Å². The second-order valence-electron chi connectivity index (χ2n) is 6.49. The second kappa shape index (κ2) is 5.59. The van der Waals surface area contributed by atoms with Crippen LogP contribution < -0.4 is 5.32 Å². The maximum absolute atomic E-state index is 12.2. The predicted molar refractivity (Wildman–Crippen MR) is 77.3 cm³/mol. The molecule has 2 amide bonds. The van der Waals surface area contributed by atoms with E-state index >= 15 is 0 Å². The molecule has 0 bridgehead atoms. The zero-order valence-electron chi connectivity index (χ0n) is 12.1. The van der Waals surface area contributed by atoms with Crippen molar-refractivity contribution in [2.24, 2.45) is 5.92 Å². The number of nitrogens with one attached hydrogen (secondary N) is 1. The van der Waals surface area contributed by atoms with E-state index in [1.54, 1.807) is 0 Å². The van der Waals surface area contributed by atoms with Gasteiger partial charge in [0.1, 0.15) is 0 Å². The molecule has 21 heavy (non-hydrogen) atoms. The molecule has 1 aliphatic carbocycles. The van der Waals surface area contributed by atoms with Crippen LogP contribution in [-0.2, 0) is 19.4 Å². The number of carbonyl (C=O) groups is 2. The number of hydrogen-bond acceptors (Lipinski definition) is 4. The highest BCUT2D eigenvalue weighted by atomic mass is 32.2. The predicted octanol–water partition coefficient (Wildman–Crippen LogP) is 0.0808. The number of rotatable bonds is 3. The molecule has 1 N–H and O–H groups in total. The van der Waals surface area contributed by atoms with Crippen LogP contribution in [0.5, 0.6) is 0 Å². The summed E-state index contributed by atoms with van der Waals surface area (Å²) in [7, 11) is -2.99. The average Bonchev–Trinajstić information content (AvgIpc) is 3.09. The third kappa shape index (κ3) is 3.22. The van der Waals surface area contributed by atoms with Crippen molar-refractivity contribution >= 4 is 21.7 Å². The molecule has 2 heterocycles. The topological polar surface area (TPSA) is 83.5 Å². The molecule has 2 saturated heterocycles. The SMILES string of the molecule is O=C(NC1CCS(=O)(=O)C1)C1CC(=O)N(C2CCCC2)C1. The molecule has 1 saturated carbocycles. The van der Waals surface area contributed by atoms with Gasteiger partial charge >= 0.3 is 0 Å². The normalized spacial score (nSPS) is 32.8. The van der Waals surface area contributed by atoms with Crippen molar-refractivity contribution in [3.8, 4) is 0 Å². The van der Waals surface area contributed by atoms with E-state index in [4.69, 9.17) is 0 Å². The van der Waals surface area contributed by atoms with Crippen LogP contribution in [0.4, 0.5) is 0 Å². The lowest BCUT2D eigenvalue weighted by atomic mass is 10.1.